The number of hydrogen-bond acceptors (Lipinski definition) is 3. The van der Waals surface area contributed by atoms with Crippen LogP contribution in [0.4, 0.5) is 13.2 Å². The SMILES string of the molecule is COc1cccc(Cn2c(-c3ccccc3)cc(C(F)(F)F)c(C#N)c2=O)c1. The van der Waals surface area contributed by atoms with E-state index in [1.165, 1.54) is 17.7 Å². The highest BCUT2D eigenvalue weighted by Crippen LogP contribution is 2.33. The van der Waals surface area contributed by atoms with E-state index in [-0.39, 0.29) is 12.2 Å². The molecule has 3 aromatic rings. The third kappa shape index (κ3) is 3.76. The monoisotopic (exact) mass is 384 g/mol. The molecule has 2 aromatic carbocycles. The van der Waals surface area contributed by atoms with Crippen LogP contribution < -0.4 is 10.3 Å². The van der Waals surface area contributed by atoms with Gasteiger partial charge < -0.3 is 9.30 Å². The molecule has 0 saturated heterocycles. The number of benzene rings is 2. The molecule has 4 nitrogen and oxygen atoms in total. The fraction of sp³-hybridized carbons (Fsp3) is 0.143. The molecule has 28 heavy (non-hydrogen) atoms. The van der Waals surface area contributed by atoms with E-state index in [1.54, 1.807) is 54.6 Å². The van der Waals surface area contributed by atoms with Gasteiger partial charge in [-0.25, -0.2) is 0 Å². The standard InChI is InChI=1S/C21H15F3N2O2/c1-28-16-9-5-6-14(10-16)13-26-19(15-7-3-2-4-8-15)11-18(21(22,23)24)17(12-25)20(26)27/h2-11H,13H2,1H3. The molecule has 7 heteroatoms. The second-order valence-corrected chi connectivity index (χ2v) is 6.04. The number of nitrogens with zero attached hydrogens (tertiary/aromatic N) is 2. The molecule has 142 valence electrons. The van der Waals surface area contributed by atoms with Crippen molar-refractivity contribution in [1.29, 1.82) is 5.26 Å². The predicted molar refractivity (Wildman–Crippen MR) is 98.0 cm³/mol. The zero-order valence-corrected chi connectivity index (χ0v) is 14.8. The second-order valence-electron chi connectivity index (χ2n) is 6.04. The molecule has 0 atom stereocenters. The summed E-state index contributed by atoms with van der Waals surface area (Å²) in [6.45, 7) is -0.00687. The van der Waals surface area contributed by atoms with Crippen molar-refractivity contribution in [2.45, 2.75) is 12.7 Å². The quantitative estimate of drug-likeness (QED) is 0.667. The lowest BCUT2D eigenvalue weighted by Crippen LogP contribution is -2.28. The first-order valence-corrected chi connectivity index (χ1v) is 8.28. The molecule has 0 bridgehead atoms. The van der Waals surface area contributed by atoms with Crippen molar-refractivity contribution in [3.63, 3.8) is 0 Å². The summed E-state index contributed by atoms with van der Waals surface area (Å²) in [5.41, 5.74) is -1.96. The number of methoxy groups -OCH3 is 1. The van der Waals surface area contributed by atoms with E-state index >= 15 is 0 Å². The lowest BCUT2D eigenvalue weighted by atomic mass is 10.0. The van der Waals surface area contributed by atoms with Gasteiger partial charge in [-0.15, -0.1) is 0 Å². The Balaban J connectivity index is 2.28. The Bertz CT molecular complexity index is 1100. The van der Waals surface area contributed by atoms with E-state index in [0.29, 0.717) is 16.9 Å². The summed E-state index contributed by atoms with van der Waals surface area (Å²) in [6.07, 6.45) is -4.82. The minimum absolute atomic E-state index is 0.00687. The van der Waals surface area contributed by atoms with Crippen molar-refractivity contribution < 1.29 is 17.9 Å². The van der Waals surface area contributed by atoms with Crippen molar-refractivity contribution in [3.8, 4) is 23.1 Å². The largest absolute Gasteiger partial charge is 0.497 e. The first-order valence-electron chi connectivity index (χ1n) is 8.28. The molecule has 0 aliphatic rings. The molecule has 0 fully saturated rings. The van der Waals surface area contributed by atoms with Gasteiger partial charge in [-0.05, 0) is 29.3 Å². The number of rotatable bonds is 4. The molecule has 0 spiro atoms. The van der Waals surface area contributed by atoms with Gasteiger partial charge in [-0.2, -0.15) is 18.4 Å². The zero-order valence-electron chi connectivity index (χ0n) is 14.8. The minimum atomic E-state index is -4.82. The minimum Gasteiger partial charge on any atom is -0.497 e. The number of halogens is 3. The predicted octanol–water partition coefficient (Wildman–Crippen LogP) is 4.46. The summed E-state index contributed by atoms with van der Waals surface area (Å²) < 4.78 is 46.7. The van der Waals surface area contributed by atoms with E-state index in [2.05, 4.69) is 0 Å². The fourth-order valence-electron chi connectivity index (χ4n) is 2.94. The number of hydrogen-bond donors (Lipinski definition) is 0. The van der Waals surface area contributed by atoms with Crippen LogP contribution in [-0.2, 0) is 12.7 Å². The van der Waals surface area contributed by atoms with Crippen molar-refractivity contribution >= 4 is 0 Å². The van der Waals surface area contributed by atoms with Gasteiger partial charge >= 0.3 is 6.18 Å². The van der Waals surface area contributed by atoms with Gasteiger partial charge in [0.2, 0.25) is 0 Å². The Morgan fingerprint density at radius 1 is 1.07 bits per heavy atom. The summed E-state index contributed by atoms with van der Waals surface area (Å²) in [4.78, 5) is 12.8. The van der Waals surface area contributed by atoms with Crippen LogP contribution in [0.25, 0.3) is 11.3 Å². The lowest BCUT2D eigenvalue weighted by Gasteiger charge is -2.18. The van der Waals surface area contributed by atoms with E-state index in [1.807, 2.05) is 0 Å². The van der Waals surface area contributed by atoms with Gasteiger partial charge in [0.15, 0.2) is 0 Å². The fourth-order valence-corrected chi connectivity index (χ4v) is 2.94. The van der Waals surface area contributed by atoms with Crippen LogP contribution in [0.1, 0.15) is 16.7 Å². The Morgan fingerprint density at radius 3 is 2.39 bits per heavy atom. The van der Waals surface area contributed by atoms with Crippen molar-refractivity contribution in [2.24, 2.45) is 0 Å². The number of nitriles is 1. The number of aromatic nitrogens is 1. The maximum Gasteiger partial charge on any atom is 0.417 e. The summed E-state index contributed by atoms with van der Waals surface area (Å²) >= 11 is 0. The molecular formula is C21H15F3N2O2. The Morgan fingerprint density at radius 2 is 1.79 bits per heavy atom. The first-order chi connectivity index (χ1) is 13.3. The number of pyridine rings is 1. The maximum atomic E-state index is 13.5. The molecule has 0 N–H and O–H groups in total. The topological polar surface area (TPSA) is 55.0 Å². The Labute approximate surface area is 159 Å². The number of alkyl halides is 3. The second kappa shape index (κ2) is 7.61. The highest BCUT2D eigenvalue weighted by Gasteiger charge is 2.36. The smallest absolute Gasteiger partial charge is 0.417 e. The highest BCUT2D eigenvalue weighted by atomic mass is 19.4. The summed E-state index contributed by atoms with van der Waals surface area (Å²) in [5.74, 6) is 0.555. The van der Waals surface area contributed by atoms with Crippen molar-refractivity contribution in [1.82, 2.24) is 4.57 Å². The molecule has 1 heterocycles. The van der Waals surface area contributed by atoms with Crippen LogP contribution in [0, 0.1) is 11.3 Å². The summed E-state index contributed by atoms with van der Waals surface area (Å²) in [6, 6.07) is 17.4. The van der Waals surface area contributed by atoms with Gasteiger partial charge in [0, 0.05) is 0 Å². The third-order valence-electron chi connectivity index (χ3n) is 4.26. The van der Waals surface area contributed by atoms with Gasteiger partial charge in [0.05, 0.1) is 24.9 Å². The summed E-state index contributed by atoms with van der Waals surface area (Å²) in [7, 11) is 1.49. The normalized spacial score (nSPS) is 11.1. The molecule has 3 rings (SSSR count). The van der Waals surface area contributed by atoms with Crippen LogP contribution >= 0.6 is 0 Å². The third-order valence-corrected chi connectivity index (χ3v) is 4.26. The Kier molecular flexibility index (Phi) is 5.23. The van der Waals surface area contributed by atoms with Crippen molar-refractivity contribution in [2.75, 3.05) is 7.11 Å². The Hall–Kier alpha value is -3.53. The van der Waals surface area contributed by atoms with E-state index in [4.69, 9.17) is 4.74 Å². The van der Waals surface area contributed by atoms with Crippen LogP contribution in [-0.4, -0.2) is 11.7 Å². The average molecular weight is 384 g/mol. The van der Waals surface area contributed by atoms with Gasteiger partial charge in [0.1, 0.15) is 17.4 Å². The molecule has 0 radical (unpaired) electrons. The average Bonchev–Trinajstić information content (AvgIpc) is 2.69. The van der Waals surface area contributed by atoms with Crippen LogP contribution in [0.5, 0.6) is 5.75 Å². The molecule has 0 unspecified atom stereocenters. The molecule has 0 aliphatic heterocycles. The van der Waals surface area contributed by atoms with E-state index in [0.717, 1.165) is 6.07 Å². The maximum absolute atomic E-state index is 13.5. The van der Waals surface area contributed by atoms with Crippen molar-refractivity contribution in [3.05, 3.63) is 87.7 Å². The molecule has 0 saturated carbocycles. The van der Waals surface area contributed by atoms with Crippen LogP contribution in [0.2, 0.25) is 0 Å². The van der Waals surface area contributed by atoms with Gasteiger partial charge in [-0.1, -0.05) is 42.5 Å². The first kappa shape index (κ1) is 19.2. The molecule has 0 aliphatic carbocycles. The lowest BCUT2D eigenvalue weighted by molar-refractivity contribution is -0.137. The zero-order chi connectivity index (χ0) is 20.3. The van der Waals surface area contributed by atoms with Crippen LogP contribution in [0.15, 0.2) is 65.5 Å². The molecule has 0 amide bonds. The van der Waals surface area contributed by atoms with E-state index in [9.17, 15) is 23.2 Å². The number of ether oxygens (including phenoxy) is 1. The molecular weight excluding hydrogens is 369 g/mol. The van der Waals surface area contributed by atoms with Gasteiger partial charge in [0.25, 0.3) is 5.56 Å². The highest BCUT2D eigenvalue weighted by molar-refractivity contribution is 5.62. The van der Waals surface area contributed by atoms with Gasteiger partial charge in [-0.3, -0.25) is 4.79 Å². The summed E-state index contributed by atoms with van der Waals surface area (Å²) in [5, 5.41) is 9.21. The molecule has 1 aromatic heterocycles. The van der Waals surface area contributed by atoms with Crippen LogP contribution in [0.3, 0.4) is 0 Å². The van der Waals surface area contributed by atoms with E-state index < -0.39 is 22.9 Å².